The van der Waals surface area contributed by atoms with Crippen molar-refractivity contribution in [1.29, 1.82) is 5.41 Å². The van der Waals surface area contributed by atoms with Crippen LogP contribution in [0.3, 0.4) is 0 Å². The first-order valence-electron chi connectivity index (χ1n) is 16.4. The number of likely N-dealkylation sites (tertiary alicyclic amines) is 2. The Morgan fingerprint density at radius 2 is 1.65 bits per heavy atom. The number of nitrogens with one attached hydrogen (secondary N) is 2. The minimum atomic E-state index is -0.597. The number of amidine groups is 1. The van der Waals surface area contributed by atoms with Crippen LogP contribution < -0.4 is 5.32 Å². The average molecular weight is 559 g/mol. The Hall–Kier alpha value is -1.67. The van der Waals surface area contributed by atoms with Crippen LogP contribution in [0.4, 0.5) is 4.79 Å². The molecule has 7 unspecified atom stereocenters. The predicted molar refractivity (Wildman–Crippen MR) is 156 cm³/mol. The van der Waals surface area contributed by atoms with Crippen LogP contribution in [-0.2, 0) is 9.53 Å². The second-order valence-corrected chi connectivity index (χ2v) is 14.7. The summed E-state index contributed by atoms with van der Waals surface area (Å²) < 4.78 is 5.42. The Morgan fingerprint density at radius 3 is 2.38 bits per heavy atom. The summed E-state index contributed by atoms with van der Waals surface area (Å²) in [6.07, 6.45) is 14.3. The first-order chi connectivity index (χ1) is 19.1. The summed E-state index contributed by atoms with van der Waals surface area (Å²) in [5, 5.41) is 21.0. The molecule has 2 saturated heterocycles. The number of alkyl carbamates (subject to hydrolysis) is 1. The number of nitrogens with zero attached hydrogens (tertiary/aromatic N) is 2. The number of piperidine rings is 1. The van der Waals surface area contributed by atoms with Gasteiger partial charge in [-0.05, 0) is 102 Å². The van der Waals surface area contributed by atoms with Gasteiger partial charge in [-0.25, -0.2) is 4.79 Å². The standard InChI is InChI=1S/C32H54N4O4/c1-32(2,3)40-31(39)34-29(33)24-12-11-23-17-28(30(38)35-15-13-21(20-37)14-16-35)36(27(23)18-24)19-25-9-6-8-22-7-4-5-10-26(22)25/h21-28,37H,4-20H2,1-3H3,(H2,33,34,39). The van der Waals surface area contributed by atoms with Gasteiger partial charge >= 0.3 is 6.09 Å². The molecule has 3 aliphatic carbocycles. The summed E-state index contributed by atoms with van der Waals surface area (Å²) >= 11 is 0. The summed E-state index contributed by atoms with van der Waals surface area (Å²) in [7, 11) is 0. The van der Waals surface area contributed by atoms with Gasteiger partial charge in [0, 0.05) is 38.2 Å². The monoisotopic (exact) mass is 558 g/mol. The van der Waals surface area contributed by atoms with Gasteiger partial charge in [0.15, 0.2) is 0 Å². The van der Waals surface area contributed by atoms with Crippen molar-refractivity contribution in [3.8, 4) is 0 Å². The molecule has 0 aromatic heterocycles. The molecule has 40 heavy (non-hydrogen) atoms. The molecule has 7 atom stereocenters. The van der Waals surface area contributed by atoms with E-state index in [2.05, 4.69) is 15.1 Å². The normalized spacial score (nSPS) is 35.5. The van der Waals surface area contributed by atoms with Crippen LogP contribution >= 0.6 is 0 Å². The Balaban J connectivity index is 1.31. The second kappa shape index (κ2) is 12.7. The number of carbonyl (C=O) groups excluding carboxylic acids is 2. The first kappa shape index (κ1) is 29.8. The van der Waals surface area contributed by atoms with Crippen LogP contribution in [0.15, 0.2) is 0 Å². The molecular formula is C32H54N4O4. The van der Waals surface area contributed by atoms with Crippen molar-refractivity contribution in [2.75, 3.05) is 26.2 Å². The van der Waals surface area contributed by atoms with E-state index in [0.717, 1.165) is 70.0 Å². The quantitative estimate of drug-likeness (QED) is 0.318. The predicted octanol–water partition coefficient (Wildman–Crippen LogP) is 5.18. The molecule has 0 spiro atoms. The summed E-state index contributed by atoms with van der Waals surface area (Å²) in [5.41, 5.74) is -0.597. The Bertz CT molecular complexity index is 909. The van der Waals surface area contributed by atoms with Crippen molar-refractivity contribution >= 4 is 17.8 Å². The van der Waals surface area contributed by atoms with Gasteiger partial charge < -0.3 is 14.7 Å². The van der Waals surface area contributed by atoms with Gasteiger partial charge in [-0.15, -0.1) is 0 Å². The summed E-state index contributed by atoms with van der Waals surface area (Å²) in [4.78, 5) is 31.2. The molecule has 5 rings (SSSR count). The van der Waals surface area contributed by atoms with Crippen LogP contribution in [0.1, 0.15) is 104 Å². The van der Waals surface area contributed by atoms with Crippen LogP contribution in [-0.4, -0.2) is 76.7 Å². The van der Waals surface area contributed by atoms with Crippen LogP contribution in [0.5, 0.6) is 0 Å². The number of ether oxygens (including phenoxy) is 1. The largest absolute Gasteiger partial charge is 0.444 e. The molecule has 5 fully saturated rings. The highest BCUT2D eigenvalue weighted by Crippen LogP contribution is 2.48. The lowest BCUT2D eigenvalue weighted by atomic mass is 9.65. The third-order valence-corrected chi connectivity index (χ3v) is 11.0. The zero-order valence-corrected chi connectivity index (χ0v) is 25.2. The topological polar surface area (TPSA) is 106 Å². The summed E-state index contributed by atoms with van der Waals surface area (Å²) in [6.45, 7) is 8.24. The molecule has 8 nitrogen and oxygen atoms in total. The molecule has 2 heterocycles. The van der Waals surface area contributed by atoms with E-state index < -0.39 is 11.7 Å². The third kappa shape index (κ3) is 6.86. The van der Waals surface area contributed by atoms with E-state index >= 15 is 0 Å². The smallest absolute Gasteiger partial charge is 0.413 e. The highest BCUT2D eigenvalue weighted by Gasteiger charge is 2.50. The van der Waals surface area contributed by atoms with Crippen molar-refractivity contribution in [3.63, 3.8) is 0 Å². The minimum absolute atomic E-state index is 0.0146. The molecular weight excluding hydrogens is 504 g/mol. The highest BCUT2D eigenvalue weighted by molar-refractivity contribution is 5.95. The molecule has 0 radical (unpaired) electrons. The molecule has 0 aromatic carbocycles. The molecule has 2 amide bonds. The highest BCUT2D eigenvalue weighted by atomic mass is 16.6. The van der Waals surface area contributed by atoms with Crippen LogP contribution in [0, 0.1) is 40.9 Å². The maximum atomic E-state index is 14.1. The van der Waals surface area contributed by atoms with E-state index in [9.17, 15) is 14.7 Å². The number of aliphatic hydroxyl groups excluding tert-OH is 1. The summed E-state index contributed by atoms with van der Waals surface area (Å²) in [5.74, 6) is 3.65. The number of fused-ring (bicyclic) bond motifs is 2. The van der Waals surface area contributed by atoms with E-state index in [0.29, 0.717) is 23.7 Å². The molecule has 5 aliphatic rings. The minimum Gasteiger partial charge on any atom is -0.444 e. The molecule has 8 heteroatoms. The zero-order chi connectivity index (χ0) is 28.4. The average Bonchev–Trinajstić information content (AvgIpc) is 3.29. The number of rotatable bonds is 5. The van der Waals surface area contributed by atoms with Gasteiger partial charge in [-0.1, -0.05) is 32.1 Å². The summed E-state index contributed by atoms with van der Waals surface area (Å²) in [6, 6.07) is 0.212. The van der Waals surface area contributed by atoms with E-state index in [4.69, 9.17) is 10.1 Å². The van der Waals surface area contributed by atoms with E-state index in [1.54, 1.807) is 0 Å². The van der Waals surface area contributed by atoms with Gasteiger partial charge in [0.05, 0.1) is 6.04 Å². The Morgan fingerprint density at radius 1 is 0.925 bits per heavy atom. The SMILES string of the molecule is CC(C)(C)OC(=O)NC(=N)C1CCC2CC(C(=O)N3CCC(CO)CC3)N(CC3CCCC4CCCCC43)C2C1. The Kier molecular flexibility index (Phi) is 9.45. The van der Waals surface area contributed by atoms with Gasteiger partial charge in [-0.2, -0.15) is 0 Å². The molecule has 0 bridgehead atoms. The number of carbonyl (C=O) groups is 2. The van der Waals surface area contributed by atoms with Crippen LogP contribution in [0.25, 0.3) is 0 Å². The van der Waals surface area contributed by atoms with Gasteiger partial charge in [0.2, 0.25) is 5.91 Å². The number of aliphatic hydroxyl groups is 1. The molecule has 226 valence electrons. The van der Waals surface area contributed by atoms with Gasteiger partial charge in [0.1, 0.15) is 11.4 Å². The lowest BCUT2D eigenvalue weighted by molar-refractivity contribution is -0.138. The molecule has 3 saturated carbocycles. The fraction of sp³-hybridized carbons (Fsp3) is 0.906. The lowest BCUT2D eigenvalue weighted by Gasteiger charge is -2.46. The van der Waals surface area contributed by atoms with Crippen molar-refractivity contribution in [3.05, 3.63) is 0 Å². The fourth-order valence-electron chi connectivity index (χ4n) is 8.94. The Labute approximate surface area is 241 Å². The van der Waals surface area contributed by atoms with E-state index in [1.807, 2.05) is 20.8 Å². The number of hydrogen-bond acceptors (Lipinski definition) is 6. The fourth-order valence-corrected chi connectivity index (χ4v) is 8.94. The molecule has 3 N–H and O–H groups in total. The third-order valence-electron chi connectivity index (χ3n) is 11.0. The first-order valence-corrected chi connectivity index (χ1v) is 16.4. The van der Waals surface area contributed by atoms with E-state index in [1.165, 1.54) is 44.9 Å². The maximum Gasteiger partial charge on any atom is 0.413 e. The molecule has 0 aromatic rings. The van der Waals surface area contributed by atoms with Gasteiger partial charge in [-0.3, -0.25) is 20.4 Å². The lowest BCUT2D eigenvalue weighted by Crippen LogP contribution is -2.53. The number of hydrogen-bond donors (Lipinski definition) is 3. The van der Waals surface area contributed by atoms with Crippen LogP contribution in [0.2, 0.25) is 0 Å². The van der Waals surface area contributed by atoms with E-state index in [-0.39, 0.29) is 30.4 Å². The van der Waals surface area contributed by atoms with Crippen molar-refractivity contribution in [2.45, 2.75) is 122 Å². The van der Waals surface area contributed by atoms with Gasteiger partial charge in [0.25, 0.3) is 0 Å². The molecule has 2 aliphatic heterocycles. The van der Waals surface area contributed by atoms with Crippen molar-refractivity contribution in [2.24, 2.45) is 35.5 Å². The second-order valence-electron chi connectivity index (χ2n) is 14.7. The zero-order valence-electron chi connectivity index (χ0n) is 25.2. The van der Waals surface area contributed by atoms with Crippen molar-refractivity contribution < 1.29 is 19.4 Å². The maximum absolute atomic E-state index is 14.1. The van der Waals surface area contributed by atoms with Crippen molar-refractivity contribution in [1.82, 2.24) is 15.1 Å². The number of amides is 2.